The van der Waals surface area contributed by atoms with E-state index >= 15 is 0 Å². The van der Waals surface area contributed by atoms with Crippen molar-refractivity contribution in [3.63, 3.8) is 0 Å². The second kappa shape index (κ2) is 8.34. The van der Waals surface area contributed by atoms with Gasteiger partial charge in [0.2, 0.25) is 5.91 Å². The number of hydrogen-bond donors (Lipinski definition) is 1. The maximum absolute atomic E-state index is 12.1. The standard InChI is InChI=1S/C16H17N3O5S/c1-9-4-5-17-16(18-9)25-8-14(20)19-11-7-13(24-3)12(23-2)6-10(11)15(21)22/h4-7H,8H2,1-3H3,(H,19,20)(H,21,22)/p-1. The summed E-state index contributed by atoms with van der Waals surface area (Å²) in [7, 11) is 2.79. The van der Waals surface area contributed by atoms with Crippen molar-refractivity contribution >= 4 is 29.3 Å². The van der Waals surface area contributed by atoms with Crippen LogP contribution in [0.4, 0.5) is 5.69 Å². The lowest BCUT2D eigenvalue weighted by atomic mass is 10.1. The molecule has 9 heteroatoms. The Kier molecular flexibility index (Phi) is 6.18. The number of thioether (sulfide) groups is 1. The van der Waals surface area contributed by atoms with E-state index in [1.165, 1.54) is 26.4 Å². The van der Waals surface area contributed by atoms with Crippen LogP contribution in [0.1, 0.15) is 16.1 Å². The lowest BCUT2D eigenvalue weighted by molar-refractivity contribution is -0.254. The Morgan fingerprint density at radius 2 is 1.92 bits per heavy atom. The number of anilines is 1. The molecule has 0 aliphatic rings. The summed E-state index contributed by atoms with van der Waals surface area (Å²) in [6.07, 6.45) is 1.60. The highest BCUT2D eigenvalue weighted by molar-refractivity contribution is 7.99. The number of carboxylic acid groups (broad SMARTS) is 1. The van der Waals surface area contributed by atoms with E-state index in [9.17, 15) is 14.7 Å². The molecule has 0 saturated carbocycles. The average molecular weight is 362 g/mol. The number of rotatable bonds is 7. The molecule has 1 N–H and O–H groups in total. The van der Waals surface area contributed by atoms with E-state index in [1.807, 2.05) is 6.92 Å². The fraction of sp³-hybridized carbons (Fsp3) is 0.250. The summed E-state index contributed by atoms with van der Waals surface area (Å²) in [5, 5.41) is 14.3. The van der Waals surface area contributed by atoms with Gasteiger partial charge in [-0.05, 0) is 19.1 Å². The summed E-state index contributed by atoms with van der Waals surface area (Å²) in [5.74, 6) is -1.32. The topological polar surface area (TPSA) is 113 Å². The van der Waals surface area contributed by atoms with Gasteiger partial charge in [0, 0.05) is 23.5 Å². The molecule has 1 aromatic heterocycles. The normalized spacial score (nSPS) is 10.2. The molecule has 0 saturated heterocycles. The average Bonchev–Trinajstić information content (AvgIpc) is 2.59. The maximum Gasteiger partial charge on any atom is 0.234 e. The molecule has 8 nitrogen and oxygen atoms in total. The Hall–Kier alpha value is -2.81. The SMILES string of the molecule is COc1cc(NC(=O)CSc2nccc(C)n2)c(C(=O)[O-])cc1OC. The molecule has 0 unspecified atom stereocenters. The largest absolute Gasteiger partial charge is 0.545 e. The van der Waals surface area contributed by atoms with Gasteiger partial charge in [0.05, 0.1) is 31.6 Å². The highest BCUT2D eigenvalue weighted by atomic mass is 32.2. The number of nitrogens with one attached hydrogen (secondary N) is 1. The van der Waals surface area contributed by atoms with E-state index in [0.29, 0.717) is 5.16 Å². The van der Waals surface area contributed by atoms with E-state index in [2.05, 4.69) is 15.3 Å². The van der Waals surface area contributed by atoms with Crippen molar-refractivity contribution in [1.29, 1.82) is 0 Å². The number of carbonyl (C=O) groups excluding carboxylic acids is 2. The third-order valence-electron chi connectivity index (χ3n) is 3.12. The minimum Gasteiger partial charge on any atom is -0.545 e. The first kappa shape index (κ1) is 18.5. The van der Waals surface area contributed by atoms with Gasteiger partial charge in [-0.3, -0.25) is 4.79 Å². The molecular formula is C16H16N3O5S-. The van der Waals surface area contributed by atoms with Crippen LogP contribution >= 0.6 is 11.8 Å². The molecule has 0 radical (unpaired) electrons. The molecule has 1 heterocycles. The number of hydrogen-bond acceptors (Lipinski definition) is 8. The second-order valence-corrected chi connectivity index (χ2v) is 5.80. The molecule has 0 spiro atoms. The van der Waals surface area contributed by atoms with E-state index in [1.54, 1.807) is 12.3 Å². The minimum absolute atomic E-state index is 0.0181. The summed E-state index contributed by atoms with van der Waals surface area (Å²) < 4.78 is 10.2. The highest BCUT2D eigenvalue weighted by Gasteiger charge is 2.14. The monoisotopic (exact) mass is 362 g/mol. The Morgan fingerprint density at radius 1 is 1.24 bits per heavy atom. The van der Waals surface area contributed by atoms with Crippen LogP contribution in [-0.4, -0.2) is 41.8 Å². The molecule has 1 amide bonds. The van der Waals surface area contributed by atoms with Gasteiger partial charge in [-0.1, -0.05) is 11.8 Å². The predicted octanol–water partition coefficient (Wildman–Crippen LogP) is 0.897. The third-order valence-corrected chi connectivity index (χ3v) is 3.98. The van der Waals surface area contributed by atoms with Crippen molar-refractivity contribution < 1.29 is 24.2 Å². The van der Waals surface area contributed by atoms with Crippen molar-refractivity contribution in [3.8, 4) is 11.5 Å². The maximum atomic E-state index is 12.1. The molecule has 0 bridgehead atoms. The third kappa shape index (κ3) is 4.83. The summed E-state index contributed by atoms with van der Waals surface area (Å²) in [5.41, 5.74) is 0.647. The first-order valence-corrected chi connectivity index (χ1v) is 8.12. The van der Waals surface area contributed by atoms with Crippen molar-refractivity contribution in [3.05, 3.63) is 35.7 Å². The second-order valence-electron chi connectivity index (χ2n) is 4.86. The van der Waals surface area contributed by atoms with Crippen molar-refractivity contribution in [2.45, 2.75) is 12.1 Å². The number of nitrogens with zero attached hydrogens (tertiary/aromatic N) is 2. The van der Waals surface area contributed by atoms with Crippen molar-refractivity contribution in [2.24, 2.45) is 0 Å². The summed E-state index contributed by atoms with van der Waals surface area (Å²) in [6, 6.07) is 4.36. The molecule has 0 aliphatic carbocycles. The Bertz CT molecular complexity index is 797. The molecule has 0 atom stereocenters. The van der Waals surface area contributed by atoms with Gasteiger partial charge in [-0.2, -0.15) is 0 Å². The van der Waals surface area contributed by atoms with Crippen LogP contribution in [0.5, 0.6) is 11.5 Å². The van der Waals surface area contributed by atoms with Gasteiger partial charge < -0.3 is 24.7 Å². The number of amides is 1. The zero-order valence-electron chi connectivity index (χ0n) is 13.9. The first-order valence-electron chi connectivity index (χ1n) is 7.14. The van der Waals surface area contributed by atoms with Crippen molar-refractivity contribution in [1.82, 2.24) is 9.97 Å². The smallest absolute Gasteiger partial charge is 0.234 e. The number of aryl methyl sites for hydroxylation is 1. The van der Waals surface area contributed by atoms with Crippen LogP contribution < -0.4 is 19.9 Å². The van der Waals surface area contributed by atoms with Crippen LogP contribution in [-0.2, 0) is 4.79 Å². The van der Waals surface area contributed by atoms with Gasteiger partial charge in [-0.25, -0.2) is 9.97 Å². The van der Waals surface area contributed by atoms with Crippen LogP contribution in [0.3, 0.4) is 0 Å². The Labute approximate surface area is 148 Å². The van der Waals surface area contributed by atoms with Crippen LogP contribution in [0, 0.1) is 6.92 Å². The number of methoxy groups -OCH3 is 2. The van der Waals surface area contributed by atoms with E-state index in [-0.39, 0.29) is 28.5 Å². The molecular weight excluding hydrogens is 346 g/mol. The zero-order chi connectivity index (χ0) is 18.4. The lowest BCUT2D eigenvalue weighted by Gasteiger charge is -2.16. The molecule has 2 rings (SSSR count). The van der Waals surface area contributed by atoms with Gasteiger partial charge in [0.1, 0.15) is 0 Å². The summed E-state index contributed by atoms with van der Waals surface area (Å²) >= 11 is 1.14. The molecule has 25 heavy (non-hydrogen) atoms. The highest BCUT2D eigenvalue weighted by Crippen LogP contribution is 2.33. The fourth-order valence-electron chi connectivity index (χ4n) is 1.96. The van der Waals surface area contributed by atoms with Crippen LogP contribution in [0.25, 0.3) is 0 Å². The number of aromatic nitrogens is 2. The first-order chi connectivity index (χ1) is 11.9. The Morgan fingerprint density at radius 3 is 2.52 bits per heavy atom. The molecule has 1 aromatic carbocycles. The quantitative estimate of drug-likeness (QED) is 0.571. The summed E-state index contributed by atoms with van der Waals surface area (Å²) in [6.45, 7) is 1.82. The zero-order valence-corrected chi connectivity index (χ0v) is 14.7. The molecule has 0 aliphatic heterocycles. The predicted molar refractivity (Wildman–Crippen MR) is 90.0 cm³/mol. The number of ether oxygens (including phenoxy) is 2. The van der Waals surface area contributed by atoms with Gasteiger partial charge in [0.15, 0.2) is 16.7 Å². The van der Waals surface area contributed by atoms with Gasteiger partial charge in [0.25, 0.3) is 0 Å². The van der Waals surface area contributed by atoms with Crippen molar-refractivity contribution in [2.75, 3.05) is 25.3 Å². The molecule has 132 valence electrons. The van der Waals surface area contributed by atoms with E-state index < -0.39 is 11.9 Å². The van der Waals surface area contributed by atoms with Crippen LogP contribution in [0.15, 0.2) is 29.6 Å². The number of aromatic carboxylic acids is 1. The molecule has 2 aromatic rings. The van der Waals surface area contributed by atoms with Gasteiger partial charge >= 0.3 is 0 Å². The van der Waals surface area contributed by atoms with E-state index in [4.69, 9.17) is 9.47 Å². The lowest BCUT2D eigenvalue weighted by Crippen LogP contribution is -2.25. The number of carboxylic acids is 1. The number of carbonyl (C=O) groups is 2. The van der Waals surface area contributed by atoms with Crippen LogP contribution in [0.2, 0.25) is 0 Å². The minimum atomic E-state index is -1.44. The van der Waals surface area contributed by atoms with E-state index in [0.717, 1.165) is 17.5 Å². The Balaban J connectivity index is 2.14. The fourth-order valence-corrected chi connectivity index (χ4v) is 2.64. The van der Waals surface area contributed by atoms with Gasteiger partial charge in [-0.15, -0.1) is 0 Å². The molecule has 0 fully saturated rings. The summed E-state index contributed by atoms with van der Waals surface area (Å²) in [4.78, 5) is 31.7. The number of benzene rings is 1.